The number of pyridine rings is 1. The van der Waals surface area contributed by atoms with Crippen LogP contribution in [-0.2, 0) is 11.3 Å². The molecule has 0 bridgehead atoms. The maximum absolute atomic E-state index is 13.2. The largest absolute Gasteiger partial charge is 0.490 e. The van der Waals surface area contributed by atoms with E-state index < -0.39 is 0 Å². The molecule has 7 nitrogen and oxygen atoms in total. The monoisotopic (exact) mass is 459 g/mol. The third-order valence-electron chi connectivity index (χ3n) is 5.81. The molecule has 0 aliphatic carbocycles. The molecule has 7 heteroatoms. The molecule has 1 N–H and O–H groups in total. The van der Waals surface area contributed by atoms with E-state index in [1.54, 1.807) is 29.4 Å². The topological polar surface area (TPSA) is 80.8 Å². The van der Waals surface area contributed by atoms with Crippen molar-refractivity contribution in [2.24, 2.45) is 5.92 Å². The predicted octanol–water partition coefficient (Wildman–Crippen LogP) is 3.71. The van der Waals surface area contributed by atoms with Crippen molar-refractivity contribution in [3.63, 3.8) is 0 Å². The van der Waals surface area contributed by atoms with Crippen LogP contribution in [-0.4, -0.2) is 48.0 Å². The Morgan fingerprint density at radius 3 is 2.41 bits per heavy atom. The van der Waals surface area contributed by atoms with Crippen LogP contribution in [0.5, 0.6) is 11.5 Å². The summed E-state index contributed by atoms with van der Waals surface area (Å²) in [5.41, 5.74) is 1.50. The van der Waals surface area contributed by atoms with Crippen molar-refractivity contribution in [1.29, 1.82) is 0 Å². The first-order chi connectivity index (χ1) is 16.7. The molecule has 0 atom stereocenters. The molecular weight excluding hydrogens is 430 g/mol. The number of ether oxygens (including phenoxy) is 2. The van der Waals surface area contributed by atoms with Crippen LogP contribution in [0.1, 0.15) is 28.8 Å². The van der Waals surface area contributed by atoms with E-state index in [-0.39, 0.29) is 17.7 Å². The number of amides is 2. The van der Waals surface area contributed by atoms with E-state index in [1.165, 1.54) is 0 Å². The van der Waals surface area contributed by atoms with Crippen molar-refractivity contribution in [1.82, 2.24) is 15.2 Å². The van der Waals surface area contributed by atoms with Gasteiger partial charge in [0.1, 0.15) is 24.7 Å². The van der Waals surface area contributed by atoms with Crippen molar-refractivity contribution in [2.75, 3.05) is 26.3 Å². The number of benzene rings is 2. The zero-order valence-electron chi connectivity index (χ0n) is 19.1. The highest BCUT2D eigenvalue weighted by Crippen LogP contribution is 2.24. The number of carbonyl (C=O) groups is 2. The summed E-state index contributed by atoms with van der Waals surface area (Å²) < 4.78 is 11.5. The summed E-state index contributed by atoms with van der Waals surface area (Å²) in [6.45, 7) is 2.25. The summed E-state index contributed by atoms with van der Waals surface area (Å²) in [4.78, 5) is 31.6. The molecule has 1 aliphatic heterocycles. The maximum Gasteiger partial charge on any atom is 0.257 e. The average molecular weight is 460 g/mol. The fourth-order valence-corrected chi connectivity index (χ4v) is 3.95. The Hall–Kier alpha value is -3.87. The van der Waals surface area contributed by atoms with E-state index in [9.17, 15) is 9.59 Å². The Balaban J connectivity index is 1.25. The van der Waals surface area contributed by atoms with Gasteiger partial charge in [-0.2, -0.15) is 0 Å². The lowest BCUT2D eigenvalue weighted by Crippen LogP contribution is -2.43. The first kappa shape index (κ1) is 23.3. The zero-order chi connectivity index (χ0) is 23.6. The first-order valence-electron chi connectivity index (χ1n) is 11.6. The molecule has 176 valence electrons. The third-order valence-corrected chi connectivity index (χ3v) is 5.81. The van der Waals surface area contributed by atoms with Crippen LogP contribution in [0, 0.1) is 5.92 Å². The number of piperidine rings is 1. The van der Waals surface area contributed by atoms with E-state index in [4.69, 9.17) is 9.47 Å². The van der Waals surface area contributed by atoms with E-state index in [0.717, 1.165) is 11.3 Å². The minimum atomic E-state index is -0.0950. The number of hydrogen-bond acceptors (Lipinski definition) is 5. The molecule has 1 aromatic heterocycles. The number of nitrogens with one attached hydrogen (secondary N) is 1. The number of nitrogens with zero attached hydrogens (tertiary/aromatic N) is 2. The normalized spacial score (nSPS) is 13.8. The second-order valence-electron chi connectivity index (χ2n) is 8.15. The molecule has 34 heavy (non-hydrogen) atoms. The van der Waals surface area contributed by atoms with Gasteiger partial charge in [0, 0.05) is 37.9 Å². The second-order valence-corrected chi connectivity index (χ2v) is 8.15. The molecule has 4 rings (SSSR count). The summed E-state index contributed by atoms with van der Waals surface area (Å²) in [5, 5.41) is 2.98. The van der Waals surface area contributed by atoms with Crippen molar-refractivity contribution in [3.8, 4) is 11.5 Å². The van der Waals surface area contributed by atoms with Gasteiger partial charge in [0.2, 0.25) is 5.91 Å². The van der Waals surface area contributed by atoms with Crippen LogP contribution in [0.2, 0.25) is 0 Å². The minimum absolute atomic E-state index is 0.0260. The number of hydrogen-bond donors (Lipinski definition) is 1. The summed E-state index contributed by atoms with van der Waals surface area (Å²) in [6.07, 6.45) is 4.73. The van der Waals surface area contributed by atoms with E-state index in [0.29, 0.717) is 57.0 Å². The summed E-state index contributed by atoms with van der Waals surface area (Å²) in [7, 11) is 0. The zero-order valence-corrected chi connectivity index (χ0v) is 19.1. The number of aromatic nitrogens is 1. The summed E-state index contributed by atoms with van der Waals surface area (Å²) in [6, 6.07) is 20.6. The Kier molecular flexibility index (Phi) is 8.11. The quantitative estimate of drug-likeness (QED) is 0.494. The third kappa shape index (κ3) is 6.34. The molecule has 0 unspecified atom stereocenters. The molecule has 1 fully saturated rings. The molecule has 2 heterocycles. The minimum Gasteiger partial charge on any atom is -0.490 e. The summed E-state index contributed by atoms with van der Waals surface area (Å²) in [5.74, 6) is 1.18. The lowest BCUT2D eigenvalue weighted by Gasteiger charge is -2.31. The highest BCUT2D eigenvalue weighted by molar-refractivity contribution is 5.97. The number of carbonyl (C=O) groups excluding carboxylic acids is 2. The number of likely N-dealkylation sites (tertiary alicyclic amines) is 1. The predicted molar refractivity (Wildman–Crippen MR) is 129 cm³/mol. The molecule has 0 spiro atoms. The Labute approximate surface area is 199 Å². The van der Waals surface area contributed by atoms with E-state index >= 15 is 0 Å². The van der Waals surface area contributed by atoms with Crippen LogP contribution < -0.4 is 14.8 Å². The molecule has 3 aromatic rings. The molecular formula is C27H29N3O4. The van der Waals surface area contributed by atoms with Gasteiger partial charge in [-0.1, -0.05) is 36.4 Å². The maximum atomic E-state index is 13.2. The lowest BCUT2D eigenvalue weighted by atomic mass is 9.95. The molecule has 1 aliphatic rings. The molecule has 2 amide bonds. The first-order valence-corrected chi connectivity index (χ1v) is 11.6. The van der Waals surface area contributed by atoms with Crippen LogP contribution in [0.25, 0.3) is 0 Å². The van der Waals surface area contributed by atoms with Gasteiger partial charge in [0.05, 0.1) is 5.56 Å². The van der Waals surface area contributed by atoms with Gasteiger partial charge < -0.3 is 19.7 Å². The van der Waals surface area contributed by atoms with Crippen LogP contribution in [0.3, 0.4) is 0 Å². The van der Waals surface area contributed by atoms with Gasteiger partial charge in [-0.05, 0) is 48.7 Å². The van der Waals surface area contributed by atoms with Crippen LogP contribution in [0.15, 0.2) is 79.1 Å². The SMILES string of the molecule is O=C(NCc1cccnc1)C1CCN(C(=O)c2ccccc2OCCOc2ccccc2)CC1. The molecule has 1 saturated heterocycles. The van der Waals surface area contributed by atoms with Gasteiger partial charge in [-0.25, -0.2) is 0 Å². The van der Waals surface area contributed by atoms with Gasteiger partial charge in [0.25, 0.3) is 5.91 Å². The molecule has 0 saturated carbocycles. The highest BCUT2D eigenvalue weighted by atomic mass is 16.5. The van der Waals surface area contributed by atoms with Gasteiger partial charge in [0.15, 0.2) is 0 Å². The fourth-order valence-electron chi connectivity index (χ4n) is 3.95. The van der Waals surface area contributed by atoms with Crippen LogP contribution >= 0.6 is 0 Å². The van der Waals surface area contributed by atoms with Gasteiger partial charge >= 0.3 is 0 Å². The van der Waals surface area contributed by atoms with Crippen molar-refractivity contribution in [3.05, 3.63) is 90.3 Å². The highest BCUT2D eigenvalue weighted by Gasteiger charge is 2.28. The van der Waals surface area contributed by atoms with Gasteiger partial charge in [-0.15, -0.1) is 0 Å². The Bertz CT molecular complexity index is 1070. The molecule has 2 aromatic carbocycles. The number of para-hydroxylation sites is 2. The van der Waals surface area contributed by atoms with Crippen molar-refractivity contribution >= 4 is 11.8 Å². The Morgan fingerprint density at radius 2 is 1.65 bits per heavy atom. The Morgan fingerprint density at radius 1 is 0.912 bits per heavy atom. The number of rotatable bonds is 9. The smallest absolute Gasteiger partial charge is 0.257 e. The van der Waals surface area contributed by atoms with Crippen molar-refractivity contribution < 1.29 is 19.1 Å². The van der Waals surface area contributed by atoms with E-state index in [2.05, 4.69) is 10.3 Å². The van der Waals surface area contributed by atoms with Crippen LogP contribution in [0.4, 0.5) is 0 Å². The second kappa shape index (κ2) is 11.8. The standard InChI is InChI=1S/C27H29N3O4/c31-26(29-20-21-7-6-14-28-19-21)22-12-15-30(16-13-22)27(32)24-10-4-5-11-25(24)34-18-17-33-23-8-2-1-3-9-23/h1-11,14,19,22H,12-13,15-18,20H2,(H,29,31). The van der Waals surface area contributed by atoms with Crippen molar-refractivity contribution in [2.45, 2.75) is 19.4 Å². The van der Waals surface area contributed by atoms with Gasteiger partial charge in [-0.3, -0.25) is 14.6 Å². The molecule has 0 radical (unpaired) electrons. The van der Waals surface area contributed by atoms with E-state index in [1.807, 2.05) is 54.6 Å². The average Bonchev–Trinajstić information content (AvgIpc) is 2.91. The fraction of sp³-hybridized carbons (Fsp3) is 0.296. The lowest BCUT2D eigenvalue weighted by molar-refractivity contribution is -0.126. The summed E-state index contributed by atoms with van der Waals surface area (Å²) >= 11 is 0.